The van der Waals surface area contributed by atoms with Crippen LogP contribution in [0.5, 0.6) is 5.75 Å². The third kappa shape index (κ3) is 4.29. The van der Waals surface area contributed by atoms with Gasteiger partial charge in [-0.3, -0.25) is 4.79 Å². The van der Waals surface area contributed by atoms with E-state index in [0.717, 1.165) is 24.3 Å². The summed E-state index contributed by atoms with van der Waals surface area (Å²) in [6.45, 7) is 7.92. The van der Waals surface area contributed by atoms with E-state index < -0.39 is 0 Å². The predicted molar refractivity (Wildman–Crippen MR) is 98.1 cm³/mol. The maximum atomic E-state index is 12.3. The van der Waals surface area contributed by atoms with E-state index >= 15 is 0 Å². The quantitative estimate of drug-likeness (QED) is 0.632. The summed E-state index contributed by atoms with van der Waals surface area (Å²) in [5.41, 5.74) is 3.63. The molecule has 2 rings (SSSR count). The molecular weight excluding hydrogens is 302 g/mol. The summed E-state index contributed by atoms with van der Waals surface area (Å²) in [6, 6.07) is 4.34. The normalized spacial score (nSPS) is 15.2. The molecule has 24 heavy (non-hydrogen) atoms. The maximum Gasteiger partial charge on any atom is 0.265 e. The topological polar surface area (TPSA) is 38.8 Å². The number of aryl methyl sites for hydroxylation is 1. The third-order valence-electron chi connectivity index (χ3n) is 4.88. The monoisotopic (exact) mass is 333 g/mol. The van der Waals surface area contributed by atoms with Crippen LogP contribution in [0.25, 0.3) is 0 Å². The number of hydrogen-bond donors (Lipinski definition) is 0. The van der Waals surface area contributed by atoms with Gasteiger partial charge in [0.05, 0.1) is 12.3 Å². The lowest BCUT2D eigenvalue weighted by molar-refractivity contribution is -0.121. The number of methoxy groups -OCH3 is 1. The van der Waals surface area contributed by atoms with Crippen LogP contribution in [0.4, 0.5) is 5.69 Å². The first-order chi connectivity index (χ1) is 11.6. The highest BCUT2D eigenvalue weighted by Crippen LogP contribution is 2.38. The van der Waals surface area contributed by atoms with Crippen molar-refractivity contribution < 1.29 is 14.3 Å². The first kappa shape index (κ1) is 18.8. The Hall–Kier alpha value is -1.55. The number of ether oxygens (including phenoxy) is 2. The minimum Gasteiger partial charge on any atom is -0.482 e. The summed E-state index contributed by atoms with van der Waals surface area (Å²) in [5, 5.41) is 0. The Morgan fingerprint density at radius 3 is 2.75 bits per heavy atom. The van der Waals surface area contributed by atoms with Crippen LogP contribution in [-0.2, 0) is 16.0 Å². The number of anilines is 1. The molecule has 1 amide bonds. The molecule has 0 aromatic heterocycles. The van der Waals surface area contributed by atoms with Crippen molar-refractivity contribution in [1.82, 2.24) is 0 Å². The predicted octanol–water partition coefficient (Wildman–Crippen LogP) is 4.30. The summed E-state index contributed by atoms with van der Waals surface area (Å²) in [7, 11) is 1.66. The molecule has 0 spiro atoms. The Morgan fingerprint density at radius 2 is 2.08 bits per heavy atom. The number of hydrogen-bond acceptors (Lipinski definition) is 3. The van der Waals surface area contributed by atoms with Crippen molar-refractivity contribution in [2.24, 2.45) is 0 Å². The van der Waals surface area contributed by atoms with Gasteiger partial charge >= 0.3 is 0 Å². The van der Waals surface area contributed by atoms with Crippen LogP contribution in [0.1, 0.15) is 63.5 Å². The van der Waals surface area contributed by atoms with Crippen molar-refractivity contribution in [2.75, 3.05) is 31.8 Å². The van der Waals surface area contributed by atoms with Crippen LogP contribution in [0.3, 0.4) is 0 Å². The number of amides is 1. The van der Waals surface area contributed by atoms with Gasteiger partial charge in [0, 0.05) is 13.7 Å². The van der Waals surface area contributed by atoms with E-state index in [4.69, 9.17) is 9.47 Å². The molecule has 1 aliphatic heterocycles. The van der Waals surface area contributed by atoms with Gasteiger partial charge < -0.3 is 14.4 Å². The molecule has 1 aliphatic rings. The minimum absolute atomic E-state index is 0.00776. The minimum atomic E-state index is 0.00776. The lowest BCUT2D eigenvalue weighted by atomic mass is 9.90. The zero-order valence-corrected chi connectivity index (χ0v) is 15.6. The van der Waals surface area contributed by atoms with Gasteiger partial charge in [-0.2, -0.15) is 0 Å². The van der Waals surface area contributed by atoms with Crippen LogP contribution in [0, 0.1) is 0 Å². The largest absolute Gasteiger partial charge is 0.482 e. The van der Waals surface area contributed by atoms with Crippen LogP contribution < -0.4 is 9.64 Å². The summed E-state index contributed by atoms with van der Waals surface area (Å²) in [6.07, 6.45) is 5.84. The Bertz CT molecular complexity index is 556. The van der Waals surface area contributed by atoms with Crippen LogP contribution in [-0.4, -0.2) is 32.8 Å². The van der Waals surface area contributed by atoms with Crippen LogP contribution >= 0.6 is 0 Å². The Morgan fingerprint density at radius 1 is 1.29 bits per heavy atom. The van der Waals surface area contributed by atoms with E-state index in [1.165, 1.54) is 30.4 Å². The molecule has 1 aromatic carbocycles. The average Bonchev–Trinajstić information content (AvgIpc) is 2.60. The molecule has 1 atom stereocenters. The second-order valence-electron chi connectivity index (χ2n) is 6.61. The molecule has 1 heterocycles. The first-order valence-corrected chi connectivity index (χ1v) is 9.21. The molecule has 0 bridgehead atoms. The van der Waals surface area contributed by atoms with Crippen LogP contribution in [0.15, 0.2) is 12.1 Å². The molecule has 0 aliphatic carbocycles. The number of rotatable bonds is 9. The first-order valence-electron chi connectivity index (χ1n) is 9.21. The van der Waals surface area contributed by atoms with Gasteiger partial charge in [-0.15, -0.1) is 0 Å². The van der Waals surface area contributed by atoms with Crippen molar-refractivity contribution in [2.45, 2.75) is 58.8 Å². The highest BCUT2D eigenvalue weighted by molar-refractivity contribution is 5.98. The lowest BCUT2D eigenvalue weighted by Gasteiger charge is -2.31. The number of nitrogens with zero attached hydrogens (tertiary/aromatic N) is 1. The molecule has 4 nitrogen and oxygen atoms in total. The zero-order valence-electron chi connectivity index (χ0n) is 15.6. The summed E-state index contributed by atoms with van der Waals surface area (Å²) in [5.74, 6) is 1.32. The SMILES string of the molecule is CCCCCc1cc2c(cc1C(C)CC)N(CCOC)C(=O)CO2. The van der Waals surface area contributed by atoms with Crippen molar-refractivity contribution in [3.8, 4) is 5.75 Å². The van der Waals surface area contributed by atoms with Gasteiger partial charge in [0.2, 0.25) is 0 Å². The Labute approximate surface area is 146 Å². The van der Waals surface area contributed by atoms with E-state index in [1.807, 2.05) is 4.90 Å². The molecule has 134 valence electrons. The summed E-state index contributed by atoms with van der Waals surface area (Å²) in [4.78, 5) is 14.1. The fourth-order valence-corrected chi connectivity index (χ4v) is 3.19. The summed E-state index contributed by atoms with van der Waals surface area (Å²) >= 11 is 0. The van der Waals surface area contributed by atoms with Crippen LogP contribution in [0.2, 0.25) is 0 Å². The second-order valence-corrected chi connectivity index (χ2v) is 6.61. The molecule has 4 heteroatoms. The number of unbranched alkanes of at least 4 members (excludes halogenated alkanes) is 2. The van der Waals surface area contributed by atoms with Gasteiger partial charge in [-0.1, -0.05) is 33.6 Å². The Balaban J connectivity index is 2.37. The van der Waals surface area contributed by atoms with E-state index in [1.54, 1.807) is 7.11 Å². The standard InChI is InChI=1S/C20H31NO3/c1-5-7-8-9-16-12-19-18(13-17(16)15(3)6-2)21(10-11-23-4)20(22)14-24-19/h12-13,15H,5-11,14H2,1-4H3. The highest BCUT2D eigenvalue weighted by Gasteiger charge is 2.27. The molecule has 0 N–H and O–H groups in total. The highest BCUT2D eigenvalue weighted by atomic mass is 16.5. The molecule has 0 radical (unpaired) electrons. The van der Waals surface area contributed by atoms with E-state index in [2.05, 4.69) is 32.9 Å². The maximum absolute atomic E-state index is 12.3. The number of carbonyl (C=O) groups is 1. The summed E-state index contributed by atoms with van der Waals surface area (Å²) < 4.78 is 10.9. The smallest absolute Gasteiger partial charge is 0.265 e. The van der Waals surface area contributed by atoms with Gasteiger partial charge in [-0.05, 0) is 48.4 Å². The number of fused-ring (bicyclic) bond motifs is 1. The molecule has 0 fully saturated rings. The van der Waals surface area contributed by atoms with E-state index in [-0.39, 0.29) is 12.5 Å². The molecule has 1 unspecified atom stereocenters. The van der Waals surface area contributed by atoms with Gasteiger partial charge in [-0.25, -0.2) is 0 Å². The van der Waals surface area contributed by atoms with Gasteiger partial charge in [0.1, 0.15) is 5.75 Å². The van der Waals surface area contributed by atoms with Gasteiger partial charge in [0.15, 0.2) is 6.61 Å². The second kappa shape index (κ2) is 9.07. The Kier molecular flexibility index (Phi) is 7.10. The lowest BCUT2D eigenvalue weighted by Crippen LogP contribution is -2.40. The van der Waals surface area contributed by atoms with Crippen molar-refractivity contribution in [1.29, 1.82) is 0 Å². The molecule has 0 saturated heterocycles. The van der Waals surface area contributed by atoms with Gasteiger partial charge in [0.25, 0.3) is 5.91 Å². The zero-order chi connectivity index (χ0) is 17.5. The average molecular weight is 333 g/mol. The van der Waals surface area contributed by atoms with E-state index in [9.17, 15) is 4.79 Å². The van der Waals surface area contributed by atoms with Crippen molar-refractivity contribution in [3.63, 3.8) is 0 Å². The van der Waals surface area contributed by atoms with Crippen molar-refractivity contribution >= 4 is 11.6 Å². The molecule has 0 saturated carbocycles. The third-order valence-corrected chi connectivity index (χ3v) is 4.88. The van der Waals surface area contributed by atoms with Crippen molar-refractivity contribution in [3.05, 3.63) is 23.3 Å². The number of benzene rings is 1. The number of carbonyl (C=O) groups excluding carboxylic acids is 1. The molecule has 1 aromatic rings. The molecular formula is C20H31NO3. The fourth-order valence-electron chi connectivity index (χ4n) is 3.19. The fraction of sp³-hybridized carbons (Fsp3) is 0.650. The van der Waals surface area contributed by atoms with E-state index in [0.29, 0.717) is 19.1 Å².